The highest BCUT2D eigenvalue weighted by atomic mass is 16.4. The van der Waals surface area contributed by atoms with Gasteiger partial charge < -0.3 is 14.8 Å². The van der Waals surface area contributed by atoms with Gasteiger partial charge in [-0.05, 0) is 29.5 Å². The molecule has 3 aromatic rings. The van der Waals surface area contributed by atoms with Gasteiger partial charge >= 0.3 is 0 Å². The van der Waals surface area contributed by atoms with Gasteiger partial charge in [0.05, 0.1) is 0 Å². The molecule has 0 bridgehead atoms. The number of aliphatic hydroxyl groups excluding tert-OH is 1. The molecule has 0 atom stereocenters. The van der Waals surface area contributed by atoms with Gasteiger partial charge in [0.15, 0.2) is 0 Å². The van der Waals surface area contributed by atoms with Gasteiger partial charge in [-0.15, -0.1) is 10.2 Å². The zero-order valence-electron chi connectivity index (χ0n) is 11.9. The van der Waals surface area contributed by atoms with Crippen molar-refractivity contribution < 1.29 is 9.52 Å². The third-order valence-electron chi connectivity index (χ3n) is 3.05. The number of rotatable bonds is 5. The van der Waals surface area contributed by atoms with E-state index in [1.807, 2.05) is 30.3 Å². The topological polar surface area (TPSA) is 124 Å². The summed E-state index contributed by atoms with van der Waals surface area (Å²) in [5, 5.41) is 34.4. The number of tetrazole rings is 1. The molecule has 8 nitrogen and oxygen atoms in total. The molecule has 0 radical (unpaired) electrons. The molecule has 0 aliphatic heterocycles. The highest BCUT2D eigenvalue weighted by Crippen LogP contribution is 2.25. The van der Waals surface area contributed by atoms with Gasteiger partial charge in [-0.25, -0.2) is 0 Å². The van der Waals surface area contributed by atoms with Crippen LogP contribution in [0.25, 0.3) is 16.9 Å². The van der Waals surface area contributed by atoms with Crippen LogP contribution in [-0.2, 0) is 6.61 Å². The molecule has 8 heteroatoms. The summed E-state index contributed by atoms with van der Waals surface area (Å²) in [6.07, 6.45) is 1.51. The van der Waals surface area contributed by atoms with Crippen molar-refractivity contribution in [3.8, 4) is 17.4 Å². The SMILES string of the molecule is N#CC(=CNc1cccc(-c2ccc(CO)o2)c1)c1nn[nH]n1. The lowest BCUT2D eigenvalue weighted by Gasteiger charge is -2.03. The first-order valence-electron chi connectivity index (χ1n) is 6.71. The summed E-state index contributed by atoms with van der Waals surface area (Å²) in [6, 6.07) is 13.0. The van der Waals surface area contributed by atoms with Gasteiger partial charge in [0.25, 0.3) is 0 Å². The number of nitriles is 1. The number of hydrogen-bond donors (Lipinski definition) is 3. The molecule has 0 saturated carbocycles. The van der Waals surface area contributed by atoms with E-state index in [1.54, 1.807) is 12.1 Å². The van der Waals surface area contributed by atoms with Crippen LogP contribution in [0.4, 0.5) is 5.69 Å². The van der Waals surface area contributed by atoms with Crippen molar-refractivity contribution in [1.82, 2.24) is 20.6 Å². The van der Waals surface area contributed by atoms with Crippen LogP contribution in [0.1, 0.15) is 11.6 Å². The molecule has 114 valence electrons. The standard InChI is InChI=1S/C15H12N6O2/c16-7-11(15-18-20-21-19-15)8-17-12-3-1-2-10(6-12)14-5-4-13(9-22)23-14/h1-6,8,17,22H,9H2,(H,18,19,20,21). The lowest BCUT2D eigenvalue weighted by atomic mass is 10.1. The Labute approximate surface area is 131 Å². The number of H-pyrrole nitrogens is 1. The Balaban J connectivity index is 1.81. The second-order valence-electron chi connectivity index (χ2n) is 4.55. The smallest absolute Gasteiger partial charge is 0.216 e. The fourth-order valence-electron chi connectivity index (χ4n) is 1.96. The summed E-state index contributed by atoms with van der Waals surface area (Å²) in [7, 11) is 0. The first-order valence-corrected chi connectivity index (χ1v) is 6.71. The highest BCUT2D eigenvalue weighted by molar-refractivity contribution is 5.74. The molecule has 1 aromatic carbocycles. The average molecular weight is 308 g/mol. The van der Waals surface area contributed by atoms with Gasteiger partial charge in [-0.1, -0.05) is 12.1 Å². The third kappa shape index (κ3) is 3.25. The average Bonchev–Trinajstić information content (AvgIpc) is 3.27. The van der Waals surface area contributed by atoms with Crippen LogP contribution in [0.15, 0.2) is 47.0 Å². The number of aliphatic hydroxyl groups is 1. The van der Waals surface area contributed by atoms with Crippen molar-refractivity contribution in [3.63, 3.8) is 0 Å². The number of nitrogens with zero attached hydrogens (tertiary/aromatic N) is 4. The van der Waals surface area contributed by atoms with Gasteiger partial charge in [-0.2, -0.15) is 10.5 Å². The van der Waals surface area contributed by atoms with E-state index in [9.17, 15) is 0 Å². The Morgan fingerprint density at radius 1 is 1.39 bits per heavy atom. The van der Waals surface area contributed by atoms with Crippen LogP contribution >= 0.6 is 0 Å². The first-order chi connectivity index (χ1) is 11.3. The molecule has 23 heavy (non-hydrogen) atoms. The van der Waals surface area contributed by atoms with Crippen LogP contribution in [-0.4, -0.2) is 25.7 Å². The van der Waals surface area contributed by atoms with E-state index < -0.39 is 0 Å². The highest BCUT2D eigenvalue weighted by Gasteiger charge is 2.07. The van der Waals surface area contributed by atoms with Crippen molar-refractivity contribution >= 4 is 11.3 Å². The van der Waals surface area contributed by atoms with Gasteiger partial charge in [0.1, 0.15) is 29.8 Å². The van der Waals surface area contributed by atoms with Gasteiger partial charge in [0, 0.05) is 17.5 Å². The van der Waals surface area contributed by atoms with E-state index in [0.29, 0.717) is 11.5 Å². The zero-order valence-corrected chi connectivity index (χ0v) is 11.9. The Bertz CT molecular complexity index is 860. The second kappa shape index (κ2) is 6.55. The van der Waals surface area contributed by atoms with Crippen molar-refractivity contribution in [3.05, 3.63) is 54.2 Å². The van der Waals surface area contributed by atoms with Crippen molar-refractivity contribution in [1.29, 1.82) is 5.26 Å². The summed E-state index contributed by atoms with van der Waals surface area (Å²) in [6.45, 7) is -0.142. The minimum Gasteiger partial charge on any atom is -0.459 e. The number of allylic oxidation sites excluding steroid dienone is 1. The maximum absolute atomic E-state index is 9.12. The molecule has 0 amide bonds. The minimum atomic E-state index is -0.142. The second-order valence-corrected chi connectivity index (χ2v) is 4.55. The summed E-state index contributed by atoms with van der Waals surface area (Å²) in [5.41, 5.74) is 1.87. The largest absolute Gasteiger partial charge is 0.459 e. The molecule has 0 unspecified atom stereocenters. The minimum absolute atomic E-state index is 0.142. The molecule has 2 heterocycles. The number of aromatic amines is 1. The van der Waals surface area contributed by atoms with E-state index >= 15 is 0 Å². The summed E-state index contributed by atoms with van der Waals surface area (Å²) in [5.74, 6) is 1.37. The van der Waals surface area contributed by atoms with Crippen molar-refractivity contribution in [2.45, 2.75) is 6.61 Å². The number of anilines is 1. The molecule has 0 spiro atoms. The third-order valence-corrected chi connectivity index (χ3v) is 3.05. The number of furan rings is 1. The van der Waals surface area contributed by atoms with E-state index in [4.69, 9.17) is 14.8 Å². The fourth-order valence-corrected chi connectivity index (χ4v) is 1.96. The lowest BCUT2D eigenvalue weighted by Crippen LogP contribution is -1.93. The molecule has 0 aliphatic rings. The Morgan fingerprint density at radius 3 is 3.00 bits per heavy atom. The summed E-state index contributed by atoms with van der Waals surface area (Å²) < 4.78 is 5.50. The molecule has 3 rings (SSSR count). The first kappa shape index (κ1) is 14.5. The normalized spacial score (nSPS) is 11.2. The predicted octanol–water partition coefficient (Wildman–Crippen LogP) is 1.93. The molecular formula is C15H12N6O2. The quantitative estimate of drug-likeness (QED) is 0.615. The Hall–Kier alpha value is -3.44. The lowest BCUT2D eigenvalue weighted by molar-refractivity contribution is 0.248. The maximum Gasteiger partial charge on any atom is 0.216 e. The maximum atomic E-state index is 9.12. The van der Waals surface area contributed by atoms with E-state index in [2.05, 4.69) is 25.9 Å². The van der Waals surface area contributed by atoms with Crippen LogP contribution in [0, 0.1) is 11.3 Å². The molecule has 0 aliphatic carbocycles. The summed E-state index contributed by atoms with van der Waals surface area (Å²) in [4.78, 5) is 0. The zero-order chi connectivity index (χ0) is 16.1. The number of aromatic nitrogens is 4. The molecule has 0 saturated heterocycles. The number of nitrogens with one attached hydrogen (secondary N) is 2. The van der Waals surface area contributed by atoms with Crippen LogP contribution in [0.5, 0.6) is 0 Å². The van der Waals surface area contributed by atoms with Crippen molar-refractivity contribution in [2.75, 3.05) is 5.32 Å². The number of benzene rings is 1. The van der Waals surface area contributed by atoms with Crippen LogP contribution in [0.2, 0.25) is 0 Å². The Morgan fingerprint density at radius 2 is 2.30 bits per heavy atom. The molecule has 3 N–H and O–H groups in total. The summed E-state index contributed by atoms with van der Waals surface area (Å²) >= 11 is 0. The van der Waals surface area contributed by atoms with E-state index in [-0.39, 0.29) is 18.0 Å². The van der Waals surface area contributed by atoms with Gasteiger partial charge in [-0.3, -0.25) is 0 Å². The van der Waals surface area contributed by atoms with Crippen LogP contribution < -0.4 is 5.32 Å². The fraction of sp³-hybridized carbons (Fsp3) is 0.0667. The van der Waals surface area contributed by atoms with E-state index in [0.717, 1.165) is 11.3 Å². The molecular weight excluding hydrogens is 296 g/mol. The predicted molar refractivity (Wildman–Crippen MR) is 81.5 cm³/mol. The Kier molecular flexibility index (Phi) is 4.13. The molecule has 0 fully saturated rings. The van der Waals surface area contributed by atoms with E-state index in [1.165, 1.54) is 6.20 Å². The van der Waals surface area contributed by atoms with Crippen molar-refractivity contribution in [2.24, 2.45) is 0 Å². The molecule has 2 aromatic heterocycles. The van der Waals surface area contributed by atoms with Gasteiger partial charge in [0.2, 0.25) is 5.82 Å². The number of hydrogen-bond acceptors (Lipinski definition) is 7. The van der Waals surface area contributed by atoms with Crippen LogP contribution in [0.3, 0.4) is 0 Å². The monoisotopic (exact) mass is 308 g/mol.